The average Bonchev–Trinajstić information content (AvgIpc) is 3.33. The van der Waals surface area contributed by atoms with Crippen LogP contribution in [0.3, 0.4) is 0 Å². The molecule has 3 heterocycles. The van der Waals surface area contributed by atoms with E-state index in [0.29, 0.717) is 31.1 Å². The lowest BCUT2D eigenvalue weighted by Crippen LogP contribution is -2.23. The van der Waals surface area contributed by atoms with Gasteiger partial charge in [0.05, 0.1) is 18.3 Å². The molecule has 0 saturated carbocycles. The van der Waals surface area contributed by atoms with E-state index in [-0.39, 0.29) is 11.7 Å². The van der Waals surface area contributed by atoms with Crippen LogP contribution in [0.4, 0.5) is 13.2 Å². The monoisotopic (exact) mass is 434 g/mol. The summed E-state index contributed by atoms with van der Waals surface area (Å²) in [4.78, 5) is 6.50. The summed E-state index contributed by atoms with van der Waals surface area (Å²) in [6.07, 6.45) is -2.69. The van der Waals surface area contributed by atoms with Crippen LogP contribution in [-0.2, 0) is 17.5 Å². The molecule has 2 aromatic heterocycles. The summed E-state index contributed by atoms with van der Waals surface area (Å²) in [5.41, 5.74) is 1.44. The minimum Gasteiger partial charge on any atom is -0.491 e. The third kappa shape index (κ3) is 4.83. The lowest BCUT2D eigenvalue weighted by atomic mass is 10.1. The normalized spacial score (nSPS) is 17.5. The maximum absolute atomic E-state index is 13.5. The number of fused-ring (bicyclic) bond motifs is 1. The molecule has 0 radical (unpaired) electrons. The van der Waals surface area contributed by atoms with Gasteiger partial charge >= 0.3 is 6.18 Å². The molecule has 3 aromatic rings. The summed E-state index contributed by atoms with van der Waals surface area (Å²) in [6, 6.07) is 10.5. The molecular formula is C22H25F3N4O2. The summed E-state index contributed by atoms with van der Waals surface area (Å²) < 4.78 is 52.0. The molecule has 4 rings (SSSR count). The van der Waals surface area contributed by atoms with Crippen molar-refractivity contribution in [3.8, 4) is 5.75 Å². The number of nitrogens with zero attached hydrogens (tertiary/aromatic N) is 4. The van der Waals surface area contributed by atoms with Crippen LogP contribution in [0.1, 0.15) is 41.5 Å². The Morgan fingerprint density at radius 1 is 1.16 bits per heavy atom. The Bertz CT molecular complexity index is 1050. The molecule has 1 aromatic carbocycles. The summed E-state index contributed by atoms with van der Waals surface area (Å²) in [6.45, 7) is 4.07. The summed E-state index contributed by atoms with van der Waals surface area (Å²) in [5.74, 6) is 0.771. The second-order valence-electron chi connectivity index (χ2n) is 7.74. The predicted octanol–water partition coefficient (Wildman–Crippen LogP) is 4.42. The van der Waals surface area contributed by atoms with Crippen molar-refractivity contribution in [2.45, 2.75) is 38.5 Å². The molecule has 1 atom stereocenters. The van der Waals surface area contributed by atoms with E-state index in [2.05, 4.69) is 15.0 Å². The summed E-state index contributed by atoms with van der Waals surface area (Å²) in [7, 11) is 1.63. The first kappa shape index (κ1) is 21.6. The number of aromatic nitrogens is 3. The second kappa shape index (κ2) is 8.84. The van der Waals surface area contributed by atoms with E-state index in [1.165, 1.54) is 0 Å². The molecule has 166 valence electrons. The van der Waals surface area contributed by atoms with Gasteiger partial charge in [0, 0.05) is 25.4 Å². The topological polar surface area (TPSA) is 51.9 Å². The summed E-state index contributed by atoms with van der Waals surface area (Å²) in [5, 5.41) is 4.32. The Labute approximate surface area is 178 Å². The van der Waals surface area contributed by atoms with Crippen LogP contribution in [0.5, 0.6) is 5.75 Å². The van der Waals surface area contributed by atoms with E-state index >= 15 is 0 Å². The molecule has 0 aliphatic carbocycles. The van der Waals surface area contributed by atoms with Crippen molar-refractivity contribution in [3.05, 3.63) is 59.0 Å². The van der Waals surface area contributed by atoms with Crippen molar-refractivity contribution in [3.63, 3.8) is 0 Å². The maximum Gasteiger partial charge on any atom is 0.433 e. The highest BCUT2D eigenvalue weighted by molar-refractivity contribution is 5.43. The molecule has 0 unspecified atom stereocenters. The number of ether oxygens (including phenoxy) is 2. The fraction of sp³-hybridized carbons (Fsp3) is 0.455. The smallest absolute Gasteiger partial charge is 0.433 e. The van der Waals surface area contributed by atoms with Crippen LogP contribution in [0.2, 0.25) is 0 Å². The van der Waals surface area contributed by atoms with E-state index in [1.807, 2.05) is 24.3 Å². The molecule has 0 bridgehead atoms. The molecule has 1 fully saturated rings. The zero-order valence-electron chi connectivity index (χ0n) is 17.5. The first-order valence-electron chi connectivity index (χ1n) is 10.2. The van der Waals surface area contributed by atoms with Gasteiger partial charge in [0.2, 0.25) is 0 Å². The number of benzene rings is 1. The predicted molar refractivity (Wildman–Crippen MR) is 109 cm³/mol. The minimum absolute atomic E-state index is 0.0545. The zero-order chi connectivity index (χ0) is 22.0. The van der Waals surface area contributed by atoms with Gasteiger partial charge in [-0.25, -0.2) is 9.50 Å². The molecule has 6 nitrogen and oxygen atoms in total. The fourth-order valence-corrected chi connectivity index (χ4v) is 4.04. The van der Waals surface area contributed by atoms with Gasteiger partial charge in [0.1, 0.15) is 18.1 Å². The first-order valence-corrected chi connectivity index (χ1v) is 10.2. The lowest BCUT2D eigenvalue weighted by molar-refractivity contribution is -0.142. The number of hydrogen-bond acceptors (Lipinski definition) is 5. The standard InChI is InChI=1S/C22H25F3N4O2/c1-15-11-20(22(23,24)25)29-21(26-15)13-18(27-29)19-7-4-8-28(19)14-16-5-3-6-17(12-16)31-10-9-30-2/h3,5-6,11-13,19H,4,7-10,14H2,1-2H3/t19-/m1/s1. The molecule has 1 aliphatic rings. The van der Waals surface area contributed by atoms with Gasteiger partial charge in [-0.3, -0.25) is 4.90 Å². The van der Waals surface area contributed by atoms with Crippen molar-refractivity contribution in [2.24, 2.45) is 0 Å². The quantitative estimate of drug-likeness (QED) is 0.516. The number of likely N-dealkylation sites (tertiary alicyclic amines) is 1. The SMILES string of the molecule is COCCOc1cccc(CN2CCC[C@@H]2c2cc3nc(C)cc(C(F)(F)F)n3n2)c1. The summed E-state index contributed by atoms with van der Waals surface area (Å²) >= 11 is 0. The highest BCUT2D eigenvalue weighted by Crippen LogP contribution is 2.35. The van der Waals surface area contributed by atoms with Crippen LogP contribution >= 0.6 is 0 Å². The third-order valence-corrected chi connectivity index (χ3v) is 5.41. The van der Waals surface area contributed by atoms with Gasteiger partial charge in [-0.05, 0) is 50.1 Å². The number of hydrogen-bond donors (Lipinski definition) is 0. The van der Waals surface area contributed by atoms with Gasteiger partial charge in [0.25, 0.3) is 0 Å². The fourth-order valence-electron chi connectivity index (χ4n) is 4.04. The van der Waals surface area contributed by atoms with Crippen molar-refractivity contribution < 1.29 is 22.6 Å². The Balaban J connectivity index is 1.56. The lowest BCUT2D eigenvalue weighted by Gasteiger charge is -2.23. The van der Waals surface area contributed by atoms with Crippen LogP contribution < -0.4 is 4.74 Å². The van der Waals surface area contributed by atoms with Crippen molar-refractivity contribution in [2.75, 3.05) is 26.9 Å². The van der Waals surface area contributed by atoms with Gasteiger partial charge in [-0.1, -0.05) is 12.1 Å². The molecule has 31 heavy (non-hydrogen) atoms. The van der Waals surface area contributed by atoms with Gasteiger partial charge in [0.15, 0.2) is 5.65 Å². The van der Waals surface area contributed by atoms with E-state index in [0.717, 1.165) is 41.3 Å². The number of alkyl halides is 3. The Kier molecular flexibility index (Phi) is 6.15. The van der Waals surface area contributed by atoms with Crippen molar-refractivity contribution in [1.82, 2.24) is 19.5 Å². The second-order valence-corrected chi connectivity index (χ2v) is 7.74. The van der Waals surface area contributed by atoms with Crippen LogP contribution in [0, 0.1) is 6.92 Å². The average molecular weight is 434 g/mol. The molecule has 1 saturated heterocycles. The molecule has 0 amide bonds. The van der Waals surface area contributed by atoms with Crippen LogP contribution in [-0.4, -0.2) is 46.4 Å². The first-order chi connectivity index (χ1) is 14.8. The largest absolute Gasteiger partial charge is 0.491 e. The van der Waals surface area contributed by atoms with Crippen molar-refractivity contribution >= 4 is 5.65 Å². The number of rotatable bonds is 7. The highest BCUT2D eigenvalue weighted by Gasteiger charge is 2.36. The van der Waals surface area contributed by atoms with Crippen LogP contribution in [0.15, 0.2) is 36.4 Å². The van der Waals surface area contributed by atoms with E-state index in [1.54, 1.807) is 20.1 Å². The highest BCUT2D eigenvalue weighted by atomic mass is 19.4. The van der Waals surface area contributed by atoms with Gasteiger partial charge in [-0.2, -0.15) is 18.3 Å². The Morgan fingerprint density at radius 3 is 2.77 bits per heavy atom. The molecule has 0 N–H and O–H groups in total. The van der Waals surface area contributed by atoms with E-state index < -0.39 is 11.9 Å². The molecule has 0 spiro atoms. The molecular weight excluding hydrogens is 409 g/mol. The Morgan fingerprint density at radius 2 is 2.00 bits per heavy atom. The van der Waals surface area contributed by atoms with Gasteiger partial charge in [-0.15, -0.1) is 0 Å². The zero-order valence-corrected chi connectivity index (χ0v) is 17.5. The minimum atomic E-state index is -4.49. The number of methoxy groups -OCH3 is 1. The Hall–Kier alpha value is -2.65. The third-order valence-electron chi connectivity index (χ3n) is 5.41. The molecule has 9 heteroatoms. The van der Waals surface area contributed by atoms with Crippen LogP contribution in [0.25, 0.3) is 5.65 Å². The van der Waals surface area contributed by atoms with Crippen molar-refractivity contribution in [1.29, 1.82) is 0 Å². The maximum atomic E-state index is 13.5. The number of halogens is 3. The van der Waals surface area contributed by atoms with E-state index in [4.69, 9.17) is 9.47 Å². The molecule has 1 aliphatic heterocycles. The van der Waals surface area contributed by atoms with E-state index in [9.17, 15) is 13.2 Å². The number of aryl methyl sites for hydroxylation is 1. The van der Waals surface area contributed by atoms with Gasteiger partial charge < -0.3 is 9.47 Å².